The number of hydrogen-bond donors (Lipinski definition) is 1. The minimum absolute atomic E-state index is 0.425. The van der Waals surface area contributed by atoms with Gasteiger partial charge in [-0.05, 0) is 36.8 Å². The normalized spacial score (nSPS) is 12.7. The van der Waals surface area contributed by atoms with Crippen LogP contribution in [-0.2, 0) is 5.75 Å². The largest absolute Gasteiger partial charge is 0.389 e. The first-order valence-electron chi connectivity index (χ1n) is 6.56. The minimum Gasteiger partial charge on any atom is -0.389 e. The van der Waals surface area contributed by atoms with Gasteiger partial charge in [0.2, 0.25) is 0 Å². The summed E-state index contributed by atoms with van der Waals surface area (Å²) in [5.41, 5.74) is 2.98. The summed E-state index contributed by atoms with van der Waals surface area (Å²) in [6.07, 6.45) is 3.64. The molecule has 0 amide bonds. The Balaban J connectivity index is 1.74. The monoisotopic (exact) mass is 284 g/mol. The van der Waals surface area contributed by atoms with Crippen molar-refractivity contribution in [3.63, 3.8) is 0 Å². The third-order valence-electron chi connectivity index (χ3n) is 3.14. The minimum atomic E-state index is -0.425. The van der Waals surface area contributed by atoms with Gasteiger partial charge in [-0.2, -0.15) is 0 Å². The molecule has 2 aromatic heterocycles. The molecule has 2 heterocycles. The fourth-order valence-electron chi connectivity index (χ4n) is 2.08. The van der Waals surface area contributed by atoms with Gasteiger partial charge in [0.05, 0.1) is 11.8 Å². The summed E-state index contributed by atoms with van der Waals surface area (Å²) in [5, 5.41) is 9.60. The van der Waals surface area contributed by atoms with Crippen molar-refractivity contribution in [1.29, 1.82) is 0 Å². The van der Waals surface area contributed by atoms with Crippen LogP contribution >= 0.6 is 11.8 Å². The van der Waals surface area contributed by atoms with E-state index in [-0.39, 0.29) is 0 Å². The topological polar surface area (TPSA) is 37.5 Å². The summed E-state index contributed by atoms with van der Waals surface area (Å²) < 4.78 is 2.03. The van der Waals surface area contributed by atoms with E-state index in [9.17, 15) is 5.11 Å². The molecule has 1 N–H and O–H groups in total. The number of aliphatic hydroxyl groups excluding tert-OH is 1. The van der Waals surface area contributed by atoms with Crippen molar-refractivity contribution in [1.82, 2.24) is 9.38 Å². The van der Waals surface area contributed by atoms with Gasteiger partial charge in [-0.25, -0.2) is 4.98 Å². The van der Waals surface area contributed by atoms with Crippen LogP contribution in [0.5, 0.6) is 0 Å². The summed E-state index contributed by atoms with van der Waals surface area (Å²) in [5.74, 6) is 0.824. The van der Waals surface area contributed by atoms with Gasteiger partial charge in [0.25, 0.3) is 0 Å². The summed E-state index contributed by atoms with van der Waals surface area (Å²) in [6, 6.07) is 14.0. The van der Waals surface area contributed by atoms with Crippen LogP contribution in [0.15, 0.2) is 59.8 Å². The number of aliphatic hydroxyl groups is 1. The Bertz CT molecular complexity index is 688. The molecule has 102 valence electrons. The van der Waals surface area contributed by atoms with Crippen LogP contribution in [0.1, 0.15) is 24.3 Å². The second-order valence-corrected chi connectivity index (χ2v) is 5.78. The molecule has 0 saturated heterocycles. The number of benzene rings is 1. The smallest absolute Gasteiger partial charge is 0.137 e. The Morgan fingerprint density at radius 2 is 2.15 bits per heavy atom. The molecule has 20 heavy (non-hydrogen) atoms. The van der Waals surface area contributed by atoms with Crippen molar-refractivity contribution in [3.05, 3.63) is 66.1 Å². The quantitative estimate of drug-likeness (QED) is 0.743. The van der Waals surface area contributed by atoms with Crippen LogP contribution in [0.25, 0.3) is 5.65 Å². The highest BCUT2D eigenvalue weighted by atomic mass is 32.2. The van der Waals surface area contributed by atoms with E-state index < -0.39 is 6.10 Å². The summed E-state index contributed by atoms with van der Waals surface area (Å²) in [7, 11) is 0. The lowest BCUT2D eigenvalue weighted by atomic mass is 10.1. The number of pyridine rings is 1. The Hall–Kier alpha value is -1.78. The summed E-state index contributed by atoms with van der Waals surface area (Å²) in [6.45, 7) is 1.78. The van der Waals surface area contributed by atoms with E-state index in [2.05, 4.69) is 17.2 Å². The molecule has 0 aliphatic heterocycles. The summed E-state index contributed by atoms with van der Waals surface area (Å²) in [4.78, 5) is 5.73. The van der Waals surface area contributed by atoms with Crippen LogP contribution in [-0.4, -0.2) is 14.5 Å². The van der Waals surface area contributed by atoms with Crippen LogP contribution < -0.4 is 0 Å². The first-order chi connectivity index (χ1) is 9.72. The maximum atomic E-state index is 9.60. The number of fused-ring (bicyclic) bond motifs is 1. The second-order valence-electron chi connectivity index (χ2n) is 4.74. The third kappa shape index (κ3) is 2.86. The average molecular weight is 284 g/mol. The zero-order chi connectivity index (χ0) is 13.9. The van der Waals surface area contributed by atoms with E-state index in [1.165, 1.54) is 0 Å². The lowest BCUT2D eigenvalue weighted by Crippen LogP contribution is -1.90. The molecule has 0 aliphatic carbocycles. The predicted octanol–water partition coefficient (Wildman–Crippen LogP) is 3.68. The molecule has 1 unspecified atom stereocenters. The first-order valence-corrected chi connectivity index (χ1v) is 7.54. The van der Waals surface area contributed by atoms with Crippen molar-refractivity contribution in [3.8, 4) is 0 Å². The molecular weight excluding hydrogens is 268 g/mol. The van der Waals surface area contributed by atoms with Crippen molar-refractivity contribution in [2.75, 3.05) is 0 Å². The van der Waals surface area contributed by atoms with Crippen LogP contribution in [0.3, 0.4) is 0 Å². The molecule has 3 nitrogen and oxygen atoms in total. The van der Waals surface area contributed by atoms with Gasteiger partial charge in [0.1, 0.15) is 5.65 Å². The number of rotatable bonds is 4. The van der Waals surface area contributed by atoms with Gasteiger partial charge in [-0.1, -0.05) is 18.2 Å². The summed E-state index contributed by atoms with van der Waals surface area (Å²) >= 11 is 1.73. The van der Waals surface area contributed by atoms with Crippen molar-refractivity contribution in [2.24, 2.45) is 0 Å². The Morgan fingerprint density at radius 3 is 2.95 bits per heavy atom. The third-order valence-corrected chi connectivity index (χ3v) is 4.17. The molecule has 0 aliphatic rings. The van der Waals surface area contributed by atoms with Crippen LogP contribution in [0.2, 0.25) is 0 Å². The number of aromatic nitrogens is 2. The molecular formula is C16H16N2OS. The molecule has 0 spiro atoms. The van der Waals surface area contributed by atoms with E-state index in [1.807, 2.05) is 47.0 Å². The molecule has 0 bridgehead atoms. The van der Waals surface area contributed by atoms with Gasteiger partial charge in [0, 0.05) is 23.0 Å². The van der Waals surface area contributed by atoms with Crippen LogP contribution in [0, 0.1) is 0 Å². The Morgan fingerprint density at radius 1 is 1.25 bits per heavy atom. The molecule has 0 radical (unpaired) electrons. The lowest BCUT2D eigenvalue weighted by molar-refractivity contribution is 0.199. The first kappa shape index (κ1) is 13.2. The zero-order valence-electron chi connectivity index (χ0n) is 11.2. The number of hydrogen-bond acceptors (Lipinski definition) is 3. The highest BCUT2D eigenvalue weighted by Gasteiger charge is 2.04. The van der Waals surface area contributed by atoms with E-state index in [4.69, 9.17) is 0 Å². The molecule has 4 heteroatoms. The van der Waals surface area contributed by atoms with Gasteiger partial charge < -0.3 is 9.51 Å². The molecule has 3 aromatic rings. The number of nitrogens with zero attached hydrogens (tertiary/aromatic N) is 2. The van der Waals surface area contributed by atoms with Gasteiger partial charge >= 0.3 is 0 Å². The highest BCUT2D eigenvalue weighted by molar-refractivity contribution is 7.98. The number of imidazole rings is 1. The highest BCUT2D eigenvalue weighted by Crippen LogP contribution is 2.25. The number of thioether (sulfide) groups is 1. The standard InChI is InChI=1S/C16H16N2OS/c1-12(19)13-5-4-6-15(9-13)20-11-14-10-18-8-3-2-7-16(18)17-14/h2-10,12,19H,11H2,1H3. The van der Waals surface area contributed by atoms with Crippen molar-refractivity contribution >= 4 is 17.4 Å². The predicted molar refractivity (Wildman–Crippen MR) is 81.8 cm³/mol. The fourth-order valence-corrected chi connectivity index (χ4v) is 2.93. The molecule has 0 fully saturated rings. The van der Waals surface area contributed by atoms with Crippen molar-refractivity contribution in [2.45, 2.75) is 23.7 Å². The molecule has 0 saturated carbocycles. The molecule has 1 aromatic carbocycles. The van der Waals surface area contributed by atoms with Gasteiger partial charge in [0.15, 0.2) is 0 Å². The van der Waals surface area contributed by atoms with E-state index in [0.717, 1.165) is 27.6 Å². The van der Waals surface area contributed by atoms with Crippen LogP contribution in [0.4, 0.5) is 0 Å². The average Bonchev–Trinajstić information content (AvgIpc) is 2.88. The Labute approximate surface area is 122 Å². The van der Waals surface area contributed by atoms with E-state index in [0.29, 0.717) is 0 Å². The maximum Gasteiger partial charge on any atom is 0.137 e. The van der Waals surface area contributed by atoms with Crippen molar-refractivity contribution < 1.29 is 5.11 Å². The lowest BCUT2D eigenvalue weighted by Gasteiger charge is -2.06. The zero-order valence-corrected chi connectivity index (χ0v) is 12.0. The molecule has 3 rings (SSSR count). The second kappa shape index (κ2) is 5.69. The SMILES string of the molecule is CC(O)c1cccc(SCc2cn3ccccc3n2)c1. The fraction of sp³-hybridized carbons (Fsp3) is 0.188. The van der Waals surface area contributed by atoms with E-state index >= 15 is 0 Å². The van der Waals surface area contributed by atoms with E-state index in [1.54, 1.807) is 18.7 Å². The van der Waals surface area contributed by atoms with Gasteiger partial charge in [-0.3, -0.25) is 0 Å². The maximum absolute atomic E-state index is 9.60. The molecule has 1 atom stereocenters. The van der Waals surface area contributed by atoms with Gasteiger partial charge in [-0.15, -0.1) is 11.8 Å². The Kier molecular flexibility index (Phi) is 3.76.